The van der Waals surface area contributed by atoms with Crippen LogP contribution < -0.4 is 0 Å². The Morgan fingerprint density at radius 3 is 2.07 bits per heavy atom. The maximum atomic E-state index is 6.03. The van der Waals surface area contributed by atoms with E-state index in [1.807, 2.05) is 0 Å². The Morgan fingerprint density at radius 1 is 1.13 bits per heavy atom. The average Bonchev–Trinajstić information content (AvgIpc) is 2.00. The van der Waals surface area contributed by atoms with Crippen LogP contribution in [0.4, 0.5) is 0 Å². The number of hydrogen-bond donors (Lipinski definition) is 0. The van der Waals surface area contributed by atoms with Crippen molar-refractivity contribution in [3.05, 3.63) is 12.2 Å². The van der Waals surface area contributed by atoms with Gasteiger partial charge in [0.1, 0.15) is 0 Å². The SMILES string of the molecule is CC(C)CC=CCO[Si](C)(C)C(C)(C)C. The molecule has 0 spiro atoms. The predicted molar refractivity (Wildman–Crippen MR) is 71.7 cm³/mol. The summed E-state index contributed by atoms with van der Waals surface area (Å²) in [6.07, 6.45) is 5.55. The fraction of sp³-hybridized carbons (Fsp3) is 0.846. The number of hydrogen-bond acceptors (Lipinski definition) is 1. The van der Waals surface area contributed by atoms with E-state index in [0.29, 0.717) is 5.04 Å². The van der Waals surface area contributed by atoms with E-state index in [-0.39, 0.29) is 0 Å². The predicted octanol–water partition coefficient (Wildman–Crippen LogP) is 4.61. The molecule has 0 N–H and O–H groups in total. The molecule has 0 aliphatic rings. The Balaban J connectivity index is 3.91. The summed E-state index contributed by atoms with van der Waals surface area (Å²) in [5.41, 5.74) is 0. The van der Waals surface area contributed by atoms with E-state index in [4.69, 9.17) is 4.43 Å². The van der Waals surface area contributed by atoms with Gasteiger partial charge in [-0.15, -0.1) is 0 Å². The summed E-state index contributed by atoms with van der Waals surface area (Å²) in [5, 5.41) is 0.318. The summed E-state index contributed by atoms with van der Waals surface area (Å²) in [6.45, 7) is 16.7. The normalized spacial score (nSPS) is 14.1. The first-order valence-electron chi connectivity index (χ1n) is 5.96. The Labute approximate surface area is 97.0 Å². The summed E-state index contributed by atoms with van der Waals surface area (Å²) in [7, 11) is -1.53. The van der Waals surface area contributed by atoms with Crippen LogP contribution in [0.25, 0.3) is 0 Å². The molecule has 0 rings (SSSR count). The Morgan fingerprint density at radius 2 is 1.67 bits per heavy atom. The molecule has 15 heavy (non-hydrogen) atoms. The lowest BCUT2D eigenvalue weighted by Crippen LogP contribution is -2.40. The van der Waals surface area contributed by atoms with E-state index in [2.05, 4.69) is 59.9 Å². The largest absolute Gasteiger partial charge is 0.413 e. The van der Waals surface area contributed by atoms with Crippen LogP contribution in [0, 0.1) is 5.92 Å². The van der Waals surface area contributed by atoms with Gasteiger partial charge in [0, 0.05) is 0 Å². The lowest BCUT2D eigenvalue weighted by Gasteiger charge is -2.35. The third kappa shape index (κ3) is 6.16. The molecule has 0 heterocycles. The molecule has 0 unspecified atom stereocenters. The van der Waals surface area contributed by atoms with Crippen molar-refractivity contribution >= 4 is 8.32 Å². The van der Waals surface area contributed by atoms with Crippen molar-refractivity contribution < 1.29 is 4.43 Å². The molecule has 0 aliphatic carbocycles. The molecule has 0 aromatic heterocycles. The highest BCUT2D eigenvalue weighted by Crippen LogP contribution is 2.36. The van der Waals surface area contributed by atoms with Crippen LogP contribution in [-0.2, 0) is 4.43 Å². The van der Waals surface area contributed by atoms with E-state index in [1.165, 1.54) is 0 Å². The van der Waals surface area contributed by atoms with Crippen LogP contribution in [-0.4, -0.2) is 14.9 Å². The van der Waals surface area contributed by atoms with Gasteiger partial charge in [0.25, 0.3) is 0 Å². The van der Waals surface area contributed by atoms with Crippen LogP contribution in [0.2, 0.25) is 18.1 Å². The molecular weight excluding hydrogens is 200 g/mol. The van der Waals surface area contributed by atoms with Crippen LogP contribution in [0.3, 0.4) is 0 Å². The zero-order valence-corrected chi connectivity index (χ0v) is 12.6. The van der Waals surface area contributed by atoms with Gasteiger partial charge in [-0.1, -0.05) is 46.8 Å². The minimum absolute atomic E-state index is 0.318. The van der Waals surface area contributed by atoms with Gasteiger partial charge in [0.05, 0.1) is 6.61 Å². The monoisotopic (exact) mass is 228 g/mol. The zero-order chi connectivity index (χ0) is 12.1. The first-order valence-corrected chi connectivity index (χ1v) is 8.86. The fourth-order valence-electron chi connectivity index (χ4n) is 0.909. The van der Waals surface area contributed by atoms with E-state index < -0.39 is 8.32 Å². The summed E-state index contributed by atoms with van der Waals surface area (Å²) in [6, 6.07) is 0. The smallest absolute Gasteiger partial charge is 0.192 e. The molecule has 90 valence electrons. The van der Waals surface area contributed by atoms with E-state index in [9.17, 15) is 0 Å². The summed E-state index contributed by atoms with van der Waals surface area (Å²) in [5.74, 6) is 0.745. The van der Waals surface area contributed by atoms with E-state index in [1.54, 1.807) is 0 Å². The van der Waals surface area contributed by atoms with Crippen LogP contribution in [0.15, 0.2) is 12.2 Å². The standard InChI is InChI=1S/C13H28OSi/c1-12(2)10-8-9-11-14-15(6,7)13(3,4)5/h8-9,12H,10-11H2,1-7H3. The molecular formula is C13H28OSi. The highest BCUT2D eigenvalue weighted by molar-refractivity contribution is 6.74. The number of allylic oxidation sites excluding steroid dienone is 1. The Hall–Kier alpha value is -0.0831. The molecule has 0 aromatic rings. The van der Waals surface area contributed by atoms with Gasteiger partial charge in [-0.2, -0.15) is 0 Å². The van der Waals surface area contributed by atoms with Crippen molar-refractivity contribution in [1.29, 1.82) is 0 Å². The lowest BCUT2D eigenvalue weighted by atomic mass is 10.1. The highest BCUT2D eigenvalue weighted by Gasteiger charge is 2.36. The number of rotatable bonds is 5. The van der Waals surface area contributed by atoms with Crippen LogP contribution in [0.1, 0.15) is 41.0 Å². The molecule has 0 bridgehead atoms. The second-order valence-electron chi connectivity index (χ2n) is 6.17. The quantitative estimate of drug-likeness (QED) is 0.493. The average molecular weight is 228 g/mol. The van der Waals surface area contributed by atoms with Crippen LogP contribution >= 0.6 is 0 Å². The van der Waals surface area contributed by atoms with Crippen molar-refractivity contribution in [2.75, 3.05) is 6.61 Å². The highest BCUT2D eigenvalue weighted by atomic mass is 28.4. The fourth-order valence-corrected chi connectivity index (χ4v) is 1.86. The zero-order valence-electron chi connectivity index (χ0n) is 11.6. The summed E-state index contributed by atoms with van der Waals surface area (Å²) < 4.78 is 6.03. The second-order valence-corrected chi connectivity index (χ2v) is 11.0. The minimum atomic E-state index is -1.53. The van der Waals surface area contributed by atoms with Crippen molar-refractivity contribution in [2.24, 2.45) is 5.92 Å². The van der Waals surface area contributed by atoms with Gasteiger partial charge in [-0.25, -0.2) is 0 Å². The first-order chi connectivity index (χ1) is 6.67. The van der Waals surface area contributed by atoms with Gasteiger partial charge < -0.3 is 4.43 Å². The topological polar surface area (TPSA) is 9.23 Å². The third-order valence-electron chi connectivity index (χ3n) is 3.12. The second kappa shape index (κ2) is 5.85. The molecule has 0 fully saturated rings. The molecule has 0 aromatic carbocycles. The maximum absolute atomic E-state index is 6.03. The molecule has 0 atom stereocenters. The lowest BCUT2D eigenvalue weighted by molar-refractivity contribution is 0.327. The van der Waals surface area contributed by atoms with Gasteiger partial charge in [0.15, 0.2) is 8.32 Å². The van der Waals surface area contributed by atoms with Gasteiger partial charge >= 0.3 is 0 Å². The molecule has 0 radical (unpaired) electrons. The van der Waals surface area contributed by atoms with Crippen molar-refractivity contribution in [3.8, 4) is 0 Å². The molecule has 0 amide bonds. The van der Waals surface area contributed by atoms with E-state index in [0.717, 1.165) is 18.9 Å². The molecule has 0 saturated heterocycles. The van der Waals surface area contributed by atoms with Gasteiger partial charge in [-0.3, -0.25) is 0 Å². The van der Waals surface area contributed by atoms with E-state index >= 15 is 0 Å². The third-order valence-corrected chi connectivity index (χ3v) is 7.62. The summed E-state index contributed by atoms with van der Waals surface area (Å²) in [4.78, 5) is 0. The molecule has 1 nitrogen and oxygen atoms in total. The van der Waals surface area contributed by atoms with Gasteiger partial charge in [0.2, 0.25) is 0 Å². The summed E-state index contributed by atoms with van der Waals surface area (Å²) >= 11 is 0. The van der Waals surface area contributed by atoms with Crippen LogP contribution in [0.5, 0.6) is 0 Å². The molecule has 0 saturated carbocycles. The Kier molecular flexibility index (Phi) is 5.82. The molecule has 2 heteroatoms. The van der Waals surface area contributed by atoms with Gasteiger partial charge in [-0.05, 0) is 30.5 Å². The minimum Gasteiger partial charge on any atom is -0.413 e. The van der Waals surface area contributed by atoms with Crippen molar-refractivity contribution in [2.45, 2.75) is 59.2 Å². The van der Waals surface area contributed by atoms with Crippen molar-refractivity contribution in [1.82, 2.24) is 0 Å². The molecule has 0 aliphatic heterocycles. The maximum Gasteiger partial charge on any atom is 0.192 e. The Bertz CT molecular complexity index is 199. The van der Waals surface area contributed by atoms with Crippen molar-refractivity contribution in [3.63, 3.8) is 0 Å². The first kappa shape index (κ1) is 14.9.